The first-order valence-corrected chi connectivity index (χ1v) is 25.4. The number of carbonyl (C=O) groups excluding carboxylic acids is 1. The van der Waals surface area contributed by atoms with Gasteiger partial charge in [-0.3, -0.25) is 9.97 Å². The number of carboxylic acid groups (broad SMARTS) is 1. The molecule has 0 aliphatic carbocycles. The van der Waals surface area contributed by atoms with Gasteiger partial charge in [0.2, 0.25) is 0 Å². The van der Waals surface area contributed by atoms with Gasteiger partial charge in [0, 0.05) is 57.8 Å². The molecule has 9 rings (SSSR count). The third-order valence-electron chi connectivity index (χ3n) is 14.9. The fourth-order valence-electron chi connectivity index (χ4n) is 8.73. The third kappa shape index (κ3) is 14.8. The van der Waals surface area contributed by atoms with Crippen LogP contribution in [-0.2, 0) is 32.7 Å². The predicted molar refractivity (Wildman–Crippen MR) is 293 cm³/mol. The van der Waals surface area contributed by atoms with Crippen LogP contribution in [0.3, 0.4) is 0 Å². The van der Waals surface area contributed by atoms with Crippen molar-refractivity contribution < 1.29 is 107 Å². The minimum atomic E-state index is -1.08. The van der Waals surface area contributed by atoms with E-state index in [1.165, 1.54) is 24.3 Å². The van der Waals surface area contributed by atoms with Gasteiger partial charge in [-0.2, -0.15) is 0 Å². The van der Waals surface area contributed by atoms with Gasteiger partial charge in [0.1, 0.15) is 23.3 Å². The third-order valence-corrected chi connectivity index (χ3v) is 15.1. The Morgan fingerprint density at radius 3 is 1.08 bits per heavy atom. The molecule has 77 heavy (non-hydrogen) atoms. The summed E-state index contributed by atoms with van der Waals surface area (Å²) in [6, 6.07) is 22.2. The van der Waals surface area contributed by atoms with Crippen LogP contribution in [0.25, 0.3) is 44.8 Å². The smallest absolute Gasteiger partial charge is 0.550 e. The summed E-state index contributed by atoms with van der Waals surface area (Å²) in [5.41, 5.74) is 8.49. The van der Waals surface area contributed by atoms with Crippen LogP contribution >= 0.6 is 11.6 Å². The van der Waals surface area contributed by atoms with E-state index < -0.39 is 61.6 Å². The number of carbonyl (C=O) groups is 1. The fourth-order valence-corrected chi connectivity index (χ4v) is 9.06. The molecule has 3 saturated heterocycles. The van der Waals surface area contributed by atoms with Gasteiger partial charge in [-0.25, -0.2) is 17.6 Å². The molecule has 0 saturated carbocycles. The van der Waals surface area contributed by atoms with E-state index in [1.807, 2.05) is 135 Å². The zero-order chi connectivity index (χ0) is 56.7. The van der Waals surface area contributed by atoms with E-state index in [1.54, 1.807) is 24.5 Å². The van der Waals surface area contributed by atoms with Gasteiger partial charge in [0.05, 0.1) is 45.0 Å². The topological polar surface area (TPSA) is 121 Å². The number of benzene rings is 4. The predicted octanol–water partition coefficient (Wildman–Crippen LogP) is 9.58. The number of nitrogens with zero attached hydrogens (tertiary/aromatic N) is 2. The number of hydrogen-bond donors (Lipinski definition) is 0. The van der Waals surface area contributed by atoms with Gasteiger partial charge in [-0.1, -0.05) is 35.9 Å². The van der Waals surface area contributed by atoms with Crippen LogP contribution in [0, 0.1) is 51.0 Å². The summed E-state index contributed by atoms with van der Waals surface area (Å²) in [6.07, 6.45) is 3.42. The summed E-state index contributed by atoms with van der Waals surface area (Å²) in [5, 5.41) is 9.58. The number of pyridine rings is 2. The Hall–Kier alpha value is -3.75. The molecule has 4 aromatic carbocycles. The molecule has 0 unspecified atom stereocenters. The number of aromatic nitrogens is 2. The summed E-state index contributed by atoms with van der Waals surface area (Å²) in [6.45, 7) is 33.4. The second-order valence-electron chi connectivity index (χ2n) is 22.4. The van der Waals surface area contributed by atoms with Gasteiger partial charge in [-0.15, -0.1) is 0 Å². The van der Waals surface area contributed by atoms with E-state index in [0.717, 1.165) is 69.0 Å². The van der Waals surface area contributed by atoms with Crippen LogP contribution < -0.4 is 62.0 Å². The Balaban J connectivity index is 0.000000211. The number of aliphatic carboxylic acids is 1. The van der Waals surface area contributed by atoms with E-state index in [9.17, 15) is 17.6 Å². The Morgan fingerprint density at radius 1 is 0.494 bits per heavy atom. The normalized spacial score (nSPS) is 18.0. The molecule has 6 aromatic rings. The van der Waals surface area contributed by atoms with Crippen LogP contribution in [0.2, 0.25) is 5.02 Å². The van der Waals surface area contributed by atoms with E-state index >= 15 is 0 Å². The average Bonchev–Trinajstić information content (AvgIpc) is 3.76. The first-order valence-electron chi connectivity index (χ1n) is 25.0. The molecule has 3 aliphatic heterocycles. The molecule has 10 nitrogen and oxygen atoms in total. The van der Waals surface area contributed by atoms with Crippen molar-refractivity contribution in [1.29, 1.82) is 0 Å². The van der Waals surface area contributed by atoms with Crippen molar-refractivity contribution in [3.05, 3.63) is 148 Å². The summed E-state index contributed by atoms with van der Waals surface area (Å²) >= 11 is 6.06. The molecular formula is C58H67B3ClF4KN2O8. The summed E-state index contributed by atoms with van der Waals surface area (Å²) in [4.78, 5) is 17.6. The van der Waals surface area contributed by atoms with Crippen molar-refractivity contribution in [3.63, 3.8) is 0 Å². The minimum absolute atomic E-state index is 0. The Kier molecular flexibility index (Phi) is 20.4. The van der Waals surface area contributed by atoms with E-state index in [0.29, 0.717) is 16.4 Å². The number of halogens is 5. The summed E-state index contributed by atoms with van der Waals surface area (Å²) in [7, 11) is -1.37. The molecular weight excluding hydrogens is 1040 g/mol. The fraction of sp³-hybridized carbons (Fsp3) is 0.397. The summed E-state index contributed by atoms with van der Waals surface area (Å²) in [5.74, 6) is -3.54. The van der Waals surface area contributed by atoms with E-state index in [4.69, 9.17) is 49.4 Å². The van der Waals surface area contributed by atoms with Crippen molar-refractivity contribution >= 4 is 44.2 Å². The van der Waals surface area contributed by atoms with Crippen molar-refractivity contribution in [3.8, 4) is 44.8 Å². The Morgan fingerprint density at radius 2 is 0.792 bits per heavy atom. The maximum Gasteiger partial charge on any atom is 1.00 e. The molecule has 402 valence electrons. The second-order valence-corrected chi connectivity index (χ2v) is 22.8. The number of hydrogen-bond acceptors (Lipinski definition) is 10. The van der Waals surface area contributed by atoms with Gasteiger partial charge >= 0.3 is 72.5 Å². The standard InChI is InChI=1S/C25H26BF2NO2.C19H14ClF2N.C12H24B2O4.C2H4O2.K/c1-15-11-18(26-30-24(3,4)25(5,6)31-26)12-16(2)23(15)17-7-10-22(29-14-17)20-9-8-19(27)13-21(20)28;1-11-7-14(20)8-12(2)19(11)13-3-6-18(23-10-13)16-5-4-15(21)9-17(16)22;1-9(2)10(3,4)16-13(15-9)14-17-11(5,6)12(7,8)18-14;1-2(3)4;/h7-14H,1-6H3;3-10H,1-2H3;1-8H3;1H3,(H,3,4);/q;;;;+1/p-1. The molecule has 19 heteroatoms. The molecule has 3 fully saturated rings. The summed E-state index contributed by atoms with van der Waals surface area (Å²) < 4.78 is 90.3. The van der Waals surface area contributed by atoms with E-state index in [2.05, 4.69) is 22.1 Å². The monoisotopic (exact) mass is 1100 g/mol. The average molecular weight is 1100 g/mol. The van der Waals surface area contributed by atoms with Crippen molar-refractivity contribution in [2.45, 2.75) is 151 Å². The molecule has 0 spiro atoms. The molecule has 0 N–H and O–H groups in total. The van der Waals surface area contributed by atoms with Crippen LogP contribution in [-0.4, -0.2) is 70.7 Å². The van der Waals surface area contributed by atoms with E-state index in [-0.39, 0.29) is 84.9 Å². The molecule has 0 radical (unpaired) electrons. The van der Waals surface area contributed by atoms with Crippen molar-refractivity contribution in [1.82, 2.24) is 9.97 Å². The number of carboxylic acids is 1. The zero-order valence-electron chi connectivity index (χ0n) is 47.5. The van der Waals surface area contributed by atoms with Crippen molar-refractivity contribution in [2.75, 3.05) is 0 Å². The molecule has 3 aliphatic rings. The number of rotatable bonds is 6. The Labute approximate surface area is 500 Å². The van der Waals surface area contributed by atoms with Crippen LogP contribution in [0.15, 0.2) is 97.3 Å². The molecule has 5 heterocycles. The first kappa shape index (κ1) is 64.1. The molecule has 2 aromatic heterocycles. The van der Waals surface area contributed by atoms with Gasteiger partial charge < -0.3 is 37.8 Å². The largest absolute Gasteiger partial charge is 1.00 e. The van der Waals surface area contributed by atoms with Crippen molar-refractivity contribution in [2.24, 2.45) is 0 Å². The molecule has 0 amide bonds. The van der Waals surface area contributed by atoms with Gasteiger partial charge in [0.15, 0.2) is 0 Å². The molecule has 0 atom stereocenters. The first-order chi connectivity index (χ1) is 35.0. The Bertz CT molecular complexity index is 2960. The van der Waals surface area contributed by atoms with Gasteiger partial charge in [0.25, 0.3) is 0 Å². The number of aryl methyl sites for hydroxylation is 4. The maximum absolute atomic E-state index is 14.1. The minimum Gasteiger partial charge on any atom is -0.550 e. The SMILES string of the molecule is CC(=O)[O-].CC1(C)OB(B2OC(C)(C)C(C)(C)O2)OC1(C)C.Cc1cc(B2OC(C)(C)C(C)(C)O2)cc(C)c1-c1ccc(-c2ccc(F)cc2F)nc1.Cc1cc(Cl)cc(C)c1-c1ccc(-c2ccc(F)cc2F)nc1.[K+]. The van der Waals surface area contributed by atoms with Gasteiger partial charge in [-0.05, 0) is 205 Å². The van der Waals surface area contributed by atoms with Crippen LogP contribution in [0.5, 0.6) is 0 Å². The molecule has 0 bridgehead atoms. The zero-order valence-corrected chi connectivity index (χ0v) is 51.4. The van der Waals surface area contributed by atoms with Crippen LogP contribution in [0.1, 0.15) is 112 Å². The van der Waals surface area contributed by atoms with Crippen LogP contribution in [0.4, 0.5) is 17.6 Å². The quantitative estimate of drug-likeness (QED) is 0.118. The maximum atomic E-state index is 14.1. The second kappa shape index (κ2) is 24.5.